The van der Waals surface area contributed by atoms with Crippen LogP contribution in [0.1, 0.15) is 32.3 Å². The van der Waals surface area contributed by atoms with Crippen LogP contribution in [0.3, 0.4) is 0 Å². The first-order valence-electron chi connectivity index (χ1n) is 7.74. The molecule has 0 spiro atoms. The zero-order valence-corrected chi connectivity index (χ0v) is 13.5. The second kappa shape index (κ2) is 8.73. The summed E-state index contributed by atoms with van der Waals surface area (Å²) in [7, 11) is 0. The molecule has 2 rings (SSSR count). The largest absolute Gasteiger partial charge is 0.483 e. The van der Waals surface area contributed by atoms with E-state index in [-0.39, 0.29) is 11.9 Å². The van der Waals surface area contributed by atoms with Gasteiger partial charge in [0.25, 0.3) is 0 Å². The summed E-state index contributed by atoms with van der Waals surface area (Å²) in [4.78, 5) is 19.6. The summed E-state index contributed by atoms with van der Waals surface area (Å²) in [5, 5.41) is 5.82. The van der Waals surface area contributed by atoms with E-state index in [0.29, 0.717) is 18.2 Å². The maximum absolute atomic E-state index is 11.1. The molecule has 2 N–H and O–H groups in total. The topological polar surface area (TPSA) is 76.1 Å². The van der Waals surface area contributed by atoms with Crippen molar-refractivity contribution in [3.8, 4) is 5.75 Å². The fourth-order valence-corrected chi connectivity index (χ4v) is 1.94. The Kier molecular flexibility index (Phi) is 6.35. The van der Waals surface area contributed by atoms with Crippen molar-refractivity contribution in [2.24, 2.45) is 0 Å². The molecule has 1 heterocycles. The molecule has 0 aliphatic rings. The van der Waals surface area contributed by atoms with Crippen molar-refractivity contribution in [3.63, 3.8) is 0 Å². The molecule has 1 aromatic heterocycles. The molecule has 1 amide bonds. The van der Waals surface area contributed by atoms with E-state index >= 15 is 0 Å². The third-order valence-electron chi connectivity index (χ3n) is 3.10. The Hall–Kier alpha value is -2.63. The van der Waals surface area contributed by atoms with Gasteiger partial charge in [0, 0.05) is 13.5 Å². The van der Waals surface area contributed by atoms with E-state index in [9.17, 15) is 4.79 Å². The van der Waals surface area contributed by atoms with Gasteiger partial charge in [-0.15, -0.1) is 0 Å². The van der Waals surface area contributed by atoms with Gasteiger partial charge in [-0.1, -0.05) is 43.7 Å². The molecule has 23 heavy (non-hydrogen) atoms. The van der Waals surface area contributed by atoms with Gasteiger partial charge in [0.15, 0.2) is 11.6 Å². The summed E-state index contributed by atoms with van der Waals surface area (Å²) in [5.41, 5.74) is 1.07. The van der Waals surface area contributed by atoms with Crippen molar-refractivity contribution in [2.75, 3.05) is 17.2 Å². The molecule has 0 aliphatic heterocycles. The third-order valence-corrected chi connectivity index (χ3v) is 3.10. The summed E-state index contributed by atoms with van der Waals surface area (Å²) < 4.78 is 5.81. The average molecular weight is 314 g/mol. The Morgan fingerprint density at radius 2 is 2.04 bits per heavy atom. The molecule has 1 aromatic carbocycles. The van der Waals surface area contributed by atoms with Gasteiger partial charge in [0.2, 0.25) is 11.9 Å². The van der Waals surface area contributed by atoms with Gasteiger partial charge in [-0.05, 0) is 12.0 Å². The number of nitrogens with one attached hydrogen (secondary N) is 2. The van der Waals surface area contributed by atoms with Crippen LogP contribution in [0, 0.1) is 0 Å². The number of carbonyl (C=O) groups is 1. The highest BCUT2D eigenvalue weighted by Crippen LogP contribution is 2.23. The molecule has 0 radical (unpaired) electrons. The van der Waals surface area contributed by atoms with Crippen LogP contribution in [0.5, 0.6) is 5.75 Å². The van der Waals surface area contributed by atoms with Crippen molar-refractivity contribution >= 4 is 17.7 Å². The third kappa shape index (κ3) is 5.58. The summed E-state index contributed by atoms with van der Waals surface area (Å²) in [5.74, 6) is 1.22. The molecule has 0 aliphatic carbocycles. The lowest BCUT2D eigenvalue weighted by Gasteiger charge is -2.13. The first kappa shape index (κ1) is 16.7. The van der Waals surface area contributed by atoms with Gasteiger partial charge >= 0.3 is 0 Å². The molecule has 0 saturated heterocycles. The molecule has 6 heteroatoms. The lowest BCUT2D eigenvalue weighted by atomic mass is 10.2. The van der Waals surface area contributed by atoms with E-state index in [0.717, 1.165) is 24.9 Å². The Balaban J connectivity index is 2.10. The molecule has 0 unspecified atom stereocenters. The summed E-state index contributed by atoms with van der Waals surface area (Å²) in [6, 6.07) is 9.89. The predicted octanol–water partition coefficient (Wildman–Crippen LogP) is 3.23. The molecule has 122 valence electrons. The van der Waals surface area contributed by atoms with E-state index < -0.39 is 0 Å². The van der Waals surface area contributed by atoms with Gasteiger partial charge in [-0.2, -0.15) is 4.98 Å². The number of aromatic nitrogens is 2. The van der Waals surface area contributed by atoms with Gasteiger partial charge in [0.05, 0.1) is 6.20 Å². The normalized spacial score (nSPS) is 10.2. The van der Waals surface area contributed by atoms with Crippen LogP contribution in [-0.4, -0.2) is 22.4 Å². The Morgan fingerprint density at radius 3 is 2.74 bits per heavy atom. The van der Waals surface area contributed by atoms with Crippen LogP contribution in [0.2, 0.25) is 0 Å². The second-order valence-electron chi connectivity index (χ2n) is 5.14. The minimum atomic E-state index is -0.206. The number of hydrogen-bond donors (Lipinski definition) is 2. The molecule has 0 atom stereocenters. The smallest absolute Gasteiger partial charge is 0.231 e. The van der Waals surface area contributed by atoms with Gasteiger partial charge in [-0.25, -0.2) is 4.98 Å². The summed E-state index contributed by atoms with van der Waals surface area (Å²) in [6.45, 7) is 4.77. The number of rotatable bonds is 8. The number of carbonyl (C=O) groups excluding carboxylic acids is 1. The van der Waals surface area contributed by atoms with Crippen LogP contribution in [0.4, 0.5) is 11.8 Å². The first-order chi connectivity index (χ1) is 11.2. The van der Waals surface area contributed by atoms with Crippen LogP contribution < -0.4 is 15.4 Å². The van der Waals surface area contributed by atoms with E-state index in [2.05, 4.69) is 27.5 Å². The standard InChI is InChI=1S/C17H22N4O2/c1-3-4-10-18-16-15(11-19-17(21-16)20-13(2)22)23-12-14-8-6-5-7-9-14/h5-9,11H,3-4,10,12H2,1-2H3,(H2,18,19,20,21,22). The van der Waals surface area contributed by atoms with Crippen molar-refractivity contribution in [2.45, 2.75) is 33.3 Å². The number of amides is 1. The van der Waals surface area contributed by atoms with Crippen LogP contribution in [0.15, 0.2) is 36.5 Å². The lowest BCUT2D eigenvalue weighted by molar-refractivity contribution is -0.114. The number of benzene rings is 1. The maximum Gasteiger partial charge on any atom is 0.231 e. The van der Waals surface area contributed by atoms with E-state index in [1.807, 2.05) is 30.3 Å². The fraction of sp³-hybridized carbons (Fsp3) is 0.353. The highest BCUT2D eigenvalue weighted by molar-refractivity contribution is 5.86. The van der Waals surface area contributed by atoms with Gasteiger partial charge < -0.3 is 10.1 Å². The molecule has 6 nitrogen and oxygen atoms in total. The molecule has 0 bridgehead atoms. The summed E-state index contributed by atoms with van der Waals surface area (Å²) in [6.07, 6.45) is 3.68. The second-order valence-corrected chi connectivity index (χ2v) is 5.14. The lowest BCUT2D eigenvalue weighted by Crippen LogP contribution is -2.12. The minimum Gasteiger partial charge on any atom is -0.483 e. The quantitative estimate of drug-likeness (QED) is 0.732. The zero-order chi connectivity index (χ0) is 16.5. The van der Waals surface area contributed by atoms with Crippen molar-refractivity contribution in [3.05, 3.63) is 42.1 Å². The zero-order valence-electron chi connectivity index (χ0n) is 13.5. The van der Waals surface area contributed by atoms with Crippen LogP contribution >= 0.6 is 0 Å². The molecule has 0 saturated carbocycles. The molecule has 2 aromatic rings. The predicted molar refractivity (Wildman–Crippen MR) is 90.5 cm³/mol. The number of unbranched alkanes of at least 4 members (excludes halogenated alkanes) is 1. The van der Waals surface area contributed by atoms with Crippen molar-refractivity contribution in [1.82, 2.24) is 9.97 Å². The fourth-order valence-electron chi connectivity index (χ4n) is 1.94. The van der Waals surface area contributed by atoms with E-state index in [1.54, 1.807) is 6.20 Å². The van der Waals surface area contributed by atoms with E-state index in [1.165, 1.54) is 6.92 Å². The summed E-state index contributed by atoms with van der Waals surface area (Å²) >= 11 is 0. The monoisotopic (exact) mass is 314 g/mol. The highest BCUT2D eigenvalue weighted by atomic mass is 16.5. The van der Waals surface area contributed by atoms with Crippen LogP contribution in [-0.2, 0) is 11.4 Å². The Labute approximate surface area is 136 Å². The number of ether oxygens (including phenoxy) is 1. The van der Waals surface area contributed by atoms with Crippen LogP contribution in [0.25, 0.3) is 0 Å². The highest BCUT2D eigenvalue weighted by Gasteiger charge is 2.09. The Bertz CT molecular complexity index is 632. The Morgan fingerprint density at radius 1 is 1.26 bits per heavy atom. The van der Waals surface area contributed by atoms with Gasteiger partial charge in [0.1, 0.15) is 6.61 Å². The molecule has 0 fully saturated rings. The molecular formula is C17H22N4O2. The first-order valence-corrected chi connectivity index (χ1v) is 7.74. The minimum absolute atomic E-state index is 0.206. The SMILES string of the molecule is CCCCNc1nc(NC(C)=O)ncc1OCc1ccccc1. The van der Waals surface area contributed by atoms with Crippen molar-refractivity contribution < 1.29 is 9.53 Å². The van der Waals surface area contributed by atoms with E-state index in [4.69, 9.17) is 4.74 Å². The number of hydrogen-bond acceptors (Lipinski definition) is 5. The number of nitrogens with zero attached hydrogens (tertiary/aromatic N) is 2. The van der Waals surface area contributed by atoms with Crippen molar-refractivity contribution in [1.29, 1.82) is 0 Å². The maximum atomic E-state index is 11.1. The molecular weight excluding hydrogens is 292 g/mol. The average Bonchev–Trinajstić information content (AvgIpc) is 2.55. The number of anilines is 2. The van der Waals surface area contributed by atoms with Gasteiger partial charge in [-0.3, -0.25) is 10.1 Å².